The van der Waals surface area contributed by atoms with Crippen LogP contribution in [-0.2, 0) is 4.74 Å². The lowest BCUT2D eigenvalue weighted by molar-refractivity contribution is 0.0128. The summed E-state index contributed by atoms with van der Waals surface area (Å²) >= 11 is 11.8. The number of anilines is 1. The molecule has 4 heteroatoms. The van der Waals surface area contributed by atoms with E-state index in [0.717, 1.165) is 12.1 Å². The summed E-state index contributed by atoms with van der Waals surface area (Å²) in [5, 5.41) is 4.51. The molecule has 0 bridgehead atoms. The Morgan fingerprint density at radius 3 is 2.47 bits per heavy atom. The summed E-state index contributed by atoms with van der Waals surface area (Å²) in [5.74, 6) is 0. The van der Waals surface area contributed by atoms with Crippen LogP contribution in [0.1, 0.15) is 27.2 Å². The summed E-state index contributed by atoms with van der Waals surface area (Å²) < 4.78 is 5.40. The molecule has 0 saturated carbocycles. The average Bonchev–Trinajstić information content (AvgIpc) is 2.23. The molecule has 0 heterocycles. The molecule has 1 unspecified atom stereocenters. The van der Waals surface area contributed by atoms with Gasteiger partial charge < -0.3 is 10.1 Å². The van der Waals surface area contributed by atoms with Crippen LogP contribution in [0, 0.1) is 0 Å². The predicted molar refractivity (Wildman–Crippen MR) is 75.3 cm³/mol. The van der Waals surface area contributed by atoms with Crippen molar-refractivity contribution in [3.63, 3.8) is 0 Å². The number of hydrogen-bond acceptors (Lipinski definition) is 2. The molecule has 0 aromatic heterocycles. The molecule has 2 nitrogen and oxygen atoms in total. The number of halogens is 2. The Morgan fingerprint density at radius 2 is 1.94 bits per heavy atom. The summed E-state index contributed by atoms with van der Waals surface area (Å²) in [6, 6.07) is 5.84. The number of methoxy groups -OCH3 is 1. The third-order valence-electron chi connectivity index (χ3n) is 2.68. The highest BCUT2D eigenvalue weighted by atomic mass is 35.5. The van der Waals surface area contributed by atoms with Crippen LogP contribution in [0.25, 0.3) is 0 Å². The number of ether oxygens (including phenoxy) is 1. The van der Waals surface area contributed by atoms with Gasteiger partial charge in [-0.3, -0.25) is 0 Å². The minimum Gasteiger partial charge on any atom is -0.382 e. The molecule has 0 radical (unpaired) electrons. The van der Waals surface area contributed by atoms with Crippen molar-refractivity contribution in [2.75, 3.05) is 12.4 Å². The molecular formula is C13H19Cl2NO. The van der Waals surface area contributed by atoms with Crippen LogP contribution in [0.3, 0.4) is 0 Å². The van der Waals surface area contributed by atoms with Gasteiger partial charge in [-0.25, -0.2) is 0 Å². The standard InChI is InChI=1S/C13H19Cl2NO/c1-9(8-13(2,3)17-4)16-10-5-6-11(14)12(15)7-10/h5-7,9,16H,8H2,1-4H3. The lowest BCUT2D eigenvalue weighted by atomic mass is 10.00. The van der Waals surface area contributed by atoms with Gasteiger partial charge in [0.1, 0.15) is 0 Å². The molecule has 0 spiro atoms. The van der Waals surface area contributed by atoms with Crippen molar-refractivity contribution < 1.29 is 4.74 Å². The maximum atomic E-state index is 5.96. The third-order valence-corrected chi connectivity index (χ3v) is 3.42. The molecule has 0 aliphatic heterocycles. The zero-order valence-corrected chi connectivity index (χ0v) is 12.2. The largest absolute Gasteiger partial charge is 0.382 e. The molecule has 0 saturated heterocycles. The van der Waals surface area contributed by atoms with Crippen molar-refractivity contribution >= 4 is 28.9 Å². The summed E-state index contributed by atoms with van der Waals surface area (Å²) in [7, 11) is 1.73. The minimum absolute atomic E-state index is 0.136. The van der Waals surface area contributed by atoms with Crippen molar-refractivity contribution in [2.45, 2.75) is 38.8 Å². The summed E-state index contributed by atoms with van der Waals surface area (Å²) in [5.41, 5.74) is 0.835. The monoisotopic (exact) mass is 275 g/mol. The molecule has 0 amide bonds. The van der Waals surface area contributed by atoms with Crippen molar-refractivity contribution in [1.82, 2.24) is 0 Å². The first-order valence-electron chi connectivity index (χ1n) is 5.61. The normalized spacial score (nSPS) is 13.5. The SMILES string of the molecule is COC(C)(C)CC(C)Nc1ccc(Cl)c(Cl)c1. The second-order valence-electron chi connectivity index (χ2n) is 4.84. The zero-order valence-electron chi connectivity index (χ0n) is 10.7. The Morgan fingerprint density at radius 1 is 1.29 bits per heavy atom. The van der Waals surface area contributed by atoms with E-state index >= 15 is 0 Å². The van der Waals surface area contributed by atoms with E-state index in [-0.39, 0.29) is 5.60 Å². The van der Waals surface area contributed by atoms with Crippen molar-refractivity contribution in [3.05, 3.63) is 28.2 Å². The van der Waals surface area contributed by atoms with E-state index in [1.165, 1.54) is 0 Å². The first kappa shape index (κ1) is 14.6. The van der Waals surface area contributed by atoms with Crippen molar-refractivity contribution in [3.8, 4) is 0 Å². The molecule has 1 rings (SSSR count). The molecule has 1 aromatic carbocycles. The smallest absolute Gasteiger partial charge is 0.0642 e. The van der Waals surface area contributed by atoms with Gasteiger partial charge in [0.25, 0.3) is 0 Å². The van der Waals surface area contributed by atoms with Gasteiger partial charge in [-0.2, -0.15) is 0 Å². The van der Waals surface area contributed by atoms with Gasteiger partial charge in [0.2, 0.25) is 0 Å². The predicted octanol–water partition coefficient (Wildman–Crippen LogP) is 4.61. The molecule has 1 aromatic rings. The van der Waals surface area contributed by atoms with Crippen LogP contribution in [0.15, 0.2) is 18.2 Å². The molecule has 0 aliphatic rings. The highest BCUT2D eigenvalue weighted by Crippen LogP contribution is 2.26. The Bertz CT molecular complexity index is 380. The van der Waals surface area contributed by atoms with Crippen molar-refractivity contribution in [1.29, 1.82) is 0 Å². The van der Waals surface area contributed by atoms with E-state index < -0.39 is 0 Å². The average molecular weight is 276 g/mol. The van der Waals surface area contributed by atoms with E-state index in [1.807, 2.05) is 12.1 Å². The fraction of sp³-hybridized carbons (Fsp3) is 0.538. The van der Waals surface area contributed by atoms with Crippen molar-refractivity contribution in [2.24, 2.45) is 0 Å². The van der Waals surface area contributed by atoms with Crippen LogP contribution in [0.4, 0.5) is 5.69 Å². The van der Waals surface area contributed by atoms with Crippen LogP contribution >= 0.6 is 23.2 Å². The van der Waals surface area contributed by atoms with E-state index in [2.05, 4.69) is 26.1 Å². The highest BCUT2D eigenvalue weighted by Gasteiger charge is 2.20. The van der Waals surface area contributed by atoms with Gasteiger partial charge in [0, 0.05) is 18.8 Å². The number of nitrogens with one attached hydrogen (secondary N) is 1. The topological polar surface area (TPSA) is 21.3 Å². The Balaban J connectivity index is 2.62. The first-order valence-corrected chi connectivity index (χ1v) is 6.36. The Kier molecular flexibility index (Phi) is 5.11. The highest BCUT2D eigenvalue weighted by molar-refractivity contribution is 6.42. The molecule has 0 aliphatic carbocycles. The summed E-state index contributed by atoms with van der Waals surface area (Å²) in [6.07, 6.45) is 0.906. The lowest BCUT2D eigenvalue weighted by Crippen LogP contribution is -2.31. The minimum atomic E-state index is -0.136. The van der Waals surface area contributed by atoms with Gasteiger partial charge in [0.15, 0.2) is 0 Å². The molecule has 17 heavy (non-hydrogen) atoms. The zero-order chi connectivity index (χ0) is 13.1. The number of rotatable bonds is 5. The maximum Gasteiger partial charge on any atom is 0.0642 e. The Hall–Kier alpha value is -0.440. The molecular weight excluding hydrogens is 257 g/mol. The number of hydrogen-bond donors (Lipinski definition) is 1. The quantitative estimate of drug-likeness (QED) is 0.848. The fourth-order valence-electron chi connectivity index (χ4n) is 1.74. The van der Waals surface area contributed by atoms with E-state index in [1.54, 1.807) is 13.2 Å². The van der Waals surface area contributed by atoms with Gasteiger partial charge in [0.05, 0.1) is 15.6 Å². The molecule has 96 valence electrons. The lowest BCUT2D eigenvalue weighted by Gasteiger charge is -2.27. The van der Waals surface area contributed by atoms with E-state index in [4.69, 9.17) is 27.9 Å². The fourth-order valence-corrected chi connectivity index (χ4v) is 2.04. The molecule has 1 atom stereocenters. The van der Waals surface area contributed by atoms with Gasteiger partial charge in [-0.1, -0.05) is 23.2 Å². The van der Waals surface area contributed by atoms with Gasteiger partial charge in [-0.15, -0.1) is 0 Å². The van der Waals surface area contributed by atoms with Gasteiger partial charge in [-0.05, 0) is 45.4 Å². The first-order chi connectivity index (χ1) is 7.84. The van der Waals surface area contributed by atoms with Gasteiger partial charge >= 0.3 is 0 Å². The second-order valence-corrected chi connectivity index (χ2v) is 5.66. The van der Waals surface area contributed by atoms with Crippen LogP contribution in [0.2, 0.25) is 10.0 Å². The van der Waals surface area contributed by atoms with Crippen LogP contribution in [0.5, 0.6) is 0 Å². The Labute approximate surface area is 113 Å². The summed E-state index contributed by atoms with van der Waals surface area (Å²) in [4.78, 5) is 0. The number of benzene rings is 1. The third kappa shape index (κ3) is 4.74. The van der Waals surface area contributed by atoms with E-state index in [9.17, 15) is 0 Å². The maximum absolute atomic E-state index is 5.96. The van der Waals surface area contributed by atoms with Crippen LogP contribution in [-0.4, -0.2) is 18.8 Å². The molecule has 1 N–H and O–H groups in total. The summed E-state index contributed by atoms with van der Waals surface area (Å²) in [6.45, 7) is 6.25. The van der Waals surface area contributed by atoms with E-state index in [0.29, 0.717) is 16.1 Å². The second kappa shape index (κ2) is 5.94. The van der Waals surface area contributed by atoms with Crippen LogP contribution < -0.4 is 5.32 Å². The molecule has 0 fully saturated rings.